The number of nitrogens with zero attached hydrogens (tertiary/aromatic N) is 4. The summed E-state index contributed by atoms with van der Waals surface area (Å²) in [5.74, 6) is 0. The molecule has 5 nitrogen and oxygen atoms in total. The van der Waals surface area contributed by atoms with Crippen molar-refractivity contribution >= 4 is 17.0 Å². The molecule has 1 N–H and O–H groups in total. The van der Waals surface area contributed by atoms with Crippen molar-refractivity contribution in [3.8, 4) is 0 Å². The Hall–Kier alpha value is -2.30. The van der Waals surface area contributed by atoms with E-state index < -0.39 is 0 Å². The van der Waals surface area contributed by atoms with E-state index >= 15 is 0 Å². The van der Waals surface area contributed by atoms with Gasteiger partial charge in [0.15, 0.2) is 5.65 Å². The van der Waals surface area contributed by atoms with Gasteiger partial charge in [-0.3, -0.25) is 4.68 Å². The maximum atomic E-state index is 4.39. The van der Waals surface area contributed by atoms with E-state index in [-0.39, 0.29) is 0 Å². The number of hydrogen-bond acceptors (Lipinski definition) is 3. The zero-order chi connectivity index (χ0) is 11.8. The summed E-state index contributed by atoms with van der Waals surface area (Å²) in [7, 11) is 1.89. The molecule has 3 rings (SSSR count). The van der Waals surface area contributed by atoms with Crippen LogP contribution in [0.4, 0.5) is 11.4 Å². The first-order valence-corrected chi connectivity index (χ1v) is 5.42. The fourth-order valence-electron chi connectivity index (χ4n) is 1.87. The van der Waals surface area contributed by atoms with Gasteiger partial charge in [-0.2, -0.15) is 5.10 Å². The molecule has 3 aromatic rings. The van der Waals surface area contributed by atoms with Crippen LogP contribution in [-0.2, 0) is 7.05 Å². The highest BCUT2D eigenvalue weighted by molar-refractivity contribution is 5.73. The lowest BCUT2D eigenvalue weighted by molar-refractivity contribution is 0.768. The van der Waals surface area contributed by atoms with Gasteiger partial charge >= 0.3 is 0 Å². The van der Waals surface area contributed by atoms with Crippen molar-refractivity contribution in [1.82, 2.24) is 19.2 Å². The van der Waals surface area contributed by atoms with E-state index in [0.717, 1.165) is 22.7 Å². The number of nitrogens with one attached hydrogen (secondary N) is 1. The summed E-state index contributed by atoms with van der Waals surface area (Å²) in [6, 6.07) is 4.01. The average Bonchev–Trinajstić information content (AvgIpc) is 2.88. The third kappa shape index (κ3) is 1.65. The predicted molar refractivity (Wildman–Crippen MR) is 66.4 cm³/mol. The van der Waals surface area contributed by atoms with Crippen molar-refractivity contribution in [3.05, 3.63) is 42.6 Å². The molecule has 86 valence electrons. The zero-order valence-corrected chi connectivity index (χ0v) is 9.75. The van der Waals surface area contributed by atoms with Crippen LogP contribution in [0.2, 0.25) is 0 Å². The van der Waals surface area contributed by atoms with Crippen LogP contribution in [0.5, 0.6) is 0 Å². The van der Waals surface area contributed by atoms with E-state index in [1.54, 1.807) is 10.9 Å². The van der Waals surface area contributed by atoms with E-state index in [0.29, 0.717) is 0 Å². The van der Waals surface area contributed by atoms with Crippen LogP contribution in [0, 0.1) is 6.92 Å². The van der Waals surface area contributed by atoms with Crippen molar-refractivity contribution in [2.45, 2.75) is 6.92 Å². The molecule has 0 fully saturated rings. The third-order valence-electron chi connectivity index (χ3n) is 2.70. The topological polar surface area (TPSA) is 47.2 Å². The van der Waals surface area contributed by atoms with Gasteiger partial charge in [-0.15, -0.1) is 0 Å². The van der Waals surface area contributed by atoms with Crippen LogP contribution in [0.15, 0.2) is 36.9 Å². The van der Waals surface area contributed by atoms with E-state index in [1.807, 2.05) is 44.7 Å². The van der Waals surface area contributed by atoms with Crippen LogP contribution in [0.1, 0.15) is 5.69 Å². The van der Waals surface area contributed by atoms with Gasteiger partial charge in [0, 0.05) is 31.3 Å². The normalized spacial score (nSPS) is 10.9. The molecule has 0 unspecified atom stereocenters. The summed E-state index contributed by atoms with van der Waals surface area (Å²) in [4.78, 5) is 4.39. The van der Waals surface area contributed by atoms with Gasteiger partial charge in [0.1, 0.15) is 0 Å². The Morgan fingerprint density at radius 2 is 2.18 bits per heavy atom. The van der Waals surface area contributed by atoms with E-state index in [4.69, 9.17) is 0 Å². The minimum absolute atomic E-state index is 0.925. The molecule has 3 aromatic heterocycles. The lowest BCUT2D eigenvalue weighted by Crippen LogP contribution is -1.94. The fourth-order valence-corrected chi connectivity index (χ4v) is 1.87. The number of hydrogen-bond donors (Lipinski definition) is 1. The van der Waals surface area contributed by atoms with Gasteiger partial charge in [-0.25, -0.2) is 4.98 Å². The fraction of sp³-hybridized carbons (Fsp3) is 0.167. The average molecular weight is 227 g/mol. The Kier molecular flexibility index (Phi) is 2.11. The van der Waals surface area contributed by atoms with Crippen molar-refractivity contribution in [2.24, 2.45) is 7.05 Å². The highest BCUT2D eigenvalue weighted by Gasteiger charge is 2.05. The molecule has 17 heavy (non-hydrogen) atoms. The Bertz CT molecular complexity index is 664. The molecule has 3 heterocycles. The second-order valence-corrected chi connectivity index (χ2v) is 4.04. The van der Waals surface area contributed by atoms with Crippen molar-refractivity contribution in [2.75, 3.05) is 5.32 Å². The quantitative estimate of drug-likeness (QED) is 0.729. The lowest BCUT2D eigenvalue weighted by Gasteiger charge is -2.05. The molecule has 0 aliphatic heterocycles. The van der Waals surface area contributed by atoms with Gasteiger partial charge in [0.05, 0.1) is 17.6 Å². The first kappa shape index (κ1) is 9.89. The molecule has 0 aromatic carbocycles. The monoisotopic (exact) mass is 227 g/mol. The van der Waals surface area contributed by atoms with Gasteiger partial charge in [-0.1, -0.05) is 0 Å². The van der Waals surface area contributed by atoms with Gasteiger partial charge < -0.3 is 9.72 Å². The summed E-state index contributed by atoms with van der Waals surface area (Å²) in [5, 5.41) is 7.44. The van der Waals surface area contributed by atoms with Crippen molar-refractivity contribution in [1.29, 1.82) is 0 Å². The molecule has 0 radical (unpaired) electrons. The maximum absolute atomic E-state index is 4.39. The van der Waals surface area contributed by atoms with Crippen LogP contribution >= 0.6 is 0 Å². The van der Waals surface area contributed by atoms with Crippen molar-refractivity contribution in [3.63, 3.8) is 0 Å². The Balaban J connectivity index is 2.05. The van der Waals surface area contributed by atoms with Gasteiger partial charge in [0.2, 0.25) is 0 Å². The third-order valence-corrected chi connectivity index (χ3v) is 2.70. The van der Waals surface area contributed by atoms with E-state index in [1.165, 1.54) is 0 Å². The summed E-state index contributed by atoms with van der Waals surface area (Å²) >= 11 is 0. The number of fused-ring (bicyclic) bond motifs is 1. The molecule has 5 heteroatoms. The van der Waals surface area contributed by atoms with Crippen LogP contribution < -0.4 is 5.32 Å². The Labute approximate surface area is 98.7 Å². The molecule has 0 aliphatic carbocycles. The second kappa shape index (κ2) is 3.62. The Morgan fingerprint density at radius 3 is 2.94 bits per heavy atom. The van der Waals surface area contributed by atoms with Crippen molar-refractivity contribution < 1.29 is 0 Å². The molecule has 0 aliphatic rings. The molecule has 0 saturated carbocycles. The maximum Gasteiger partial charge on any atom is 0.160 e. The molecule has 0 atom stereocenters. The SMILES string of the molecule is Cc1cnc2c(Nc3cnn(C)c3)cccn12. The standard InChI is InChI=1S/C12H13N5/c1-9-6-13-12-11(4-3-5-17(9)12)15-10-7-14-16(2)8-10/h3-8,15H,1-2H3. The van der Waals surface area contributed by atoms with Crippen LogP contribution in [0.25, 0.3) is 5.65 Å². The first-order chi connectivity index (χ1) is 8.24. The largest absolute Gasteiger partial charge is 0.350 e. The molecular weight excluding hydrogens is 214 g/mol. The van der Waals surface area contributed by atoms with Gasteiger partial charge in [0.25, 0.3) is 0 Å². The summed E-state index contributed by atoms with van der Waals surface area (Å²) in [6.45, 7) is 2.04. The minimum Gasteiger partial charge on any atom is -0.350 e. The van der Waals surface area contributed by atoms with Crippen LogP contribution in [0.3, 0.4) is 0 Å². The number of aromatic nitrogens is 4. The molecular formula is C12H13N5. The predicted octanol–water partition coefficient (Wildman–Crippen LogP) is 2.12. The van der Waals surface area contributed by atoms with Crippen LogP contribution in [-0.4, -0.2) is 19.2 Å². The first-order valence-electron chi connectivity index (χ1n) is 5.42. The van der Waals surface area contributed by atoms with E-state index in [2.05, 4.69) is 19.8 Å². The van der Waals surface area contributed by atoms with Gasteiger partial charge in [-0.05, 0) is 19.1 Å². The number of rotatable bonds is 2. The second-order valence-electron chi connectivity index (χ2n) is 4.04. The summed E-state index contributed by atoms with van der Waals surface area (Å²) in [5.41, 5.74) is 3.98. The summed E-state index contributed by atoms with van der Waals surface area (Å²) < 4.78 is 3.82. The minimum atomic E-state index is 0.925. The lowest BCUT2D eigenvalue weighted by atomic mass is 10.3. The molecule has 0 spiro atoms. The number of pyridine rings is 1. The van der Waals surface area contributed by atoms with E-state index in [9.17, 15) is 0 Å². The molecule has 0 bridgehead atoms. The smallest absolute Gasteiger partial charge is 0.160 e. The highest BCUT2D eigenvalue weighted by Crippen LogP contribution is 2.20. The summed E-state index contributed by atoms with van der Waals surface area (Å²) in [6.07, 6.45) is 7.59. The number of anilines is 2. The number of aryl methyl sites for hydroxylation is 2. The molecule has 0 amide bonds. The highest BCUT2D eigenvalue weighted by atomic mass is 15.3. The molecule has 0 saturated heterocycles. The number of imidazole rings is 1. The Morgan fingerprint density at radius 1 is 1.29 bits per heavy atom. The zero-order valence-electron chi connectivity index (χ0n) is 9.75.